The molecule has 0 amide bonds. The Morgan fingerprint density at radius 1 is 0.786 bits per heavy atom. The third-order valence-electron chi connectivity index (χ3n) is 5.49. The summed E-state index contributed by atoms with van der Waals surface area (Å²) in [5.74, 6) is -0.635. The maximum absolute atomic E-state index is 9.69. The van der Waals surface area contributed by atoms with Crippen LogP contribution in [0.25, 0.3) is 0 Å². The number of hydrogen-bond acceptors (Lipinski definition) is 3. The number of aliphatic hydroxyl groups is 1. The number of carbonyl (C=O) groups is 1. The summed E-state index contributed by atoms with van der Waals surface area (Å²) in [5.41, 5.74) is 4.70. The van der Waals surface area contributed by atoms with Crippen LogP contribution in [-0.4, -0.2) is 21.9 Å². The SMILES string of the molecule is CC(=O)O.CCCCCCCCCCCCCCCCCCC(C)C(C)(N)O. The summed E-state index contributed by atoms with van der Waals surface area (Å²) in [5, 5.41) is 17.1. The average molecular weight is 402 g/mol. The normalized spacial score (nSPS) is 14.1. The van der Waals surface area contributed by atoms with Crippen molar-refractivity contribution < 1.29 is 15.0 Å². The van der Waals surface area contributed by atoms with E-state index in [2.05, 4.69) is 6.92 Å². The Morgan fingerprint density at radius 3 is 1.29 bits per heavy atom. The summed E-state index contributed by atoms with van der Waals surface area (Å²) in [6.45, 7) is 7.13. The molecule has 0 bridgehead atoms. The predicted molar refractivity (Wildman–Crippen MR) is 121 cm³/mol. The molecule has 0 spiro atoms. The monoisotopic (exact) mass is 401 g/mol. The van der Waals surface area contributed by atoms with Gasteiger partial charge in [0.05, 0.1) is 0 Å². The van der Waals surface area contributed by atoms with Crippen molar-refractivity contribution in [2.24, 2.45) is 11.7 Å². The summed E-state index contributed by atoms with van der Waals surface area (Å²) >= 11 is 0. The van der Waals surface area contributed by atoms with E-state index < -0.39 is 11.7 Å². The van der Waals surface area contributed by atoms with E-state index >= 15 is 0 Å². The summed E-state index contributed by atoms with van der Waals surface area (Å²) in [7, 11) is 0. The number of unbranched alkanes of at least 4 members (excludes halogenated alkanes) is 15. The molecule has 28 heavy (non-hydrogen) atoms. The van der Waals surface area contributed by atoms with Crippen LogP contribution in [-0.2, 0) is 4.79 Å². The maximum atomic E-state index is 9.69. The summed E-state index contributed by atoms with van der Waals surface area (Å²) < 4.78 is 0. The van der Waals surface area contributed by atoms with Gasteiger partial charge in [-0.1, -0.05) is 117 Å². The van der Waals surface area contributed by atoms with E-state index in [9.17, 15) is 5.11 Å². The summed E-state index contributed by atoms with van der Waals surface area (Å²) in [6.07, 6.45) is 23.5. The van der Waals surface area contributed by atoms with E-state index in [0.29, 0.717) is 0 Å². The highest BCUT2D eigenvalue weighted by Crippen LogP contribution is 2.19. The van der Waals surface area contributed by atoms with Gasteiger partial charge in [-0.3, -0.25) is 4.79 Å². The Morgan fingerprint density at radius 2 is 1.04 bits per heavy atom. The molecule has 4 N–H and O–H groups in total. The van der Waals surface area contributed by atoms with Gasteiger partial charge in [0.2, 0.25) is 0 Å². The van der Waals surface area contributed by atoms with E-state index in [4.69, 9.17) is 15.6 Å². The Bertz CT molecular complexity index is 322. The highest BCUT2D eigenvalue weighted by molar-refractivity contribution is 5.62. The number of aliphatic carboxylic acids is 1. The lowest BCUT2D eigenvalue weighted by Gasteiger charge is -2.25. The molecule has 0 fully saturated rings. The number of rotatable bonds is 18. The highest BCUT2D eigenvalue weighted by Gasteiger charge is 2.21. The Kier molecular flexibility index (Phi) is 22.3. The maximum Gasteiger partial charge on any atom is 0.300 e. The Labute approximate surface area is 175 Å². The molecule has 0 radical (unpaired) electrons. The zero-order valence-corrected chi connectivity index (χ0v) is 19.5. The summed E-state index contributed by atoms with van der Waals surface area (Å²) in [4.78, 5) is 9.00. The lowest BCUT2D eigenvalue weighted by atomic mass is 9.93. The van der Waals surface area contributed by atoms with E-state index in [1.54, 1.807) is 6.92 Å². The van der Waals surface area contributed by atoms with E-state index in [1.807, 2.05) is 6.92 Å². The number of carboxylic acids is 1. The molecule has 4 heteroatoms. The molecule has 0 heterocycles. The molecule has 0 rings (SSSR count). The van der Waals surface area contributed by atoms with Crippen LogP contribution in [0.4, 0.5) is 0 Å². The number of nitrogens with two attached hydrogens (primary N) is 1. The molecule has 0 aliphatic heterocycles. The van der Waals surface area contributed by atoms with Crippen LogP contribution in [0, 0.1) is 5.92 Å². The van der Waals surface area contributed by atoms with Gasteiger partial charge in [-0.25, -0.2) is 0 Å². The zero-order chi connectivity index (χ0) is 21.7. The van der Waals surface area contributed by atoms with Crippen molar-refractivity contribution in [2.45, 2.75) is 143 Å². The molecule has 4 nitrogen and oxygen atoms in total. The molecule has 2 unspecified atom stereocenters. The quantitative estimate of drug-likeness (QED) is 0.170. The van der Waals surface area contributed by atoms with Gasteiger partial charge < -0.3 is 15.9 Å². The fourth-order valence-electron chi connectivity index (χ4n) is 3.29. The van der Waals surface area contributed by atoms with Gasteiger partial charge in [-0.05, 0) is 19.3 Å². The van der Waals surface area contributed by atoms with Gasteiger partial charge in [0.1, 0.15) is 5.72 Å². The predicted octanol–water partition coefficient (Wildman–Crippen LogP) is 7.03. The first-order valence-electron chi connectivity index (χ1n) is 11.9. The van der Waals surface area contributed by atoms with Crippen molar-refractivity contribution in [3.8, 4) is 0 Å². The van der Waals surface area contributed by atoms with Crippen molar-refractivity contribution in [1.29, 1.82) is 0 Å². The third kappa shape index (κ3) is 27.6. The fraction of sp³-hybridized carbons (Fsp3) is 0.958. The van der Waals surface area contributed by atoms with Crippen LogP contribution in [0.5, 0.6) is 0 Å². The minimum absolute atomic E-state index is 0.198. The molecular weight excluding hydrogens is 350 g/mol. The van der Waals surface area contributed by atoms with Crippen molar-refractivity contribution >= 4 is 5.97 Å². The molecule has 0 aliphatic rings. The Hall–Kier alpha value is -0.610. The van der Waals surface area contributed by atoms with Gasteiger partial charge in [0.15, 0.2) is 0 Å². The number of hydrogen-bond donors (Lipinski definition) is 3. The number of carboxylic acid groups (broad SMARTS) is 1. The van der Waals surface area contributed by atoms with Crippen LogP contribution in [0.3, 0.4) is 0 Å². The zero-order valence-electron chi connectivity index (χ0n) is 19.5. The molecule has 0 saturated carbocycles. The smallest absolute Gasteiger partial charge is 0.300 e. The van der Waals surface area contributed by atoms with E-state index in [1.165, 1.54) is 103 Å². The third-order valence-corrected chi connectivity index (χ3v) is 5.49. The molecule has 2 atom stereocenters. The van der Waals surface area contributed by atoms with Crippen molar-refractivity contribution in [2.75, 3.05) is 0 Å². The molecule has 0 aliphatic carbocycles. The lowest BCUT2D eigenvalue weighted by molar-refractivity contribution is -0.134. The van der Waals surface area contributed by atoms with Gasteiger partial charge in [0, 0.05) is 6.92 Å². The van der Waals surface area contributed by atoms with Gasteiger partial charge >= 0.3 is 0 Å². The largest absolute Gasteiger partial charge is 0.481 e. The lowest BCUT2D eigenvalue weighted by Crippen LogP contribution is -2.42. The van der Waals surface area contributed by atoms with Crippen molar-refractivity contribution in [3.63, 3.8) is 0 Å². The topological polar surface area (TPSA) is 83.5 Å². The van der Waals surface area contributed by atoms with Crippen LogP contribution in [0.1, 0.15) is 137 Å². The molecule has 0 aromatic rings. The van der Waals surface area contributed by atoms with Gasteiger partial charge in [0.25, 0.3) is 5.97 Å². The van der Waals surface area contributed by atoms with Crippen LogP contribution >= 0.6 is 0 Å². The second-order valence-corrected chi connectivity index (χ2v) is 8.74. The standard InChI is InChI=1S/C22H47NO.C2H4O2/c1-4-5-6-7-8-9-10-11-12-13-14-15-16-17-18-19-20-21(2)22(3,23)24;1-2(3)4/h21,24H,4-20,23H2,1-3H3;1H3,(H,3,4). The first-order chi connectivity index (χ1) is 13.2. The second kappa shape index (κ2) is 21.1. The van der Waals surface area contributed by atoms with Crippen LogP contribution in [0.15, 0.2) is 0 Å². The molecular formula is C24H51NO3. The highest BCUT2D eigenvalue weighted by atomic mass is 16.4. The van der Waals surface area contributed by atoms with Crippen molar-refractivity contribution in [1.82, 2.24) is 0 Å². The van der Waals surface area contributed by atoms with Crippen LogP contribution in [0.2, 0.25) is 0 Å². The van der Waals surface area contributed by atoms with Crippen molar-refractivity contribution in [3.05, 3.63) is 0 Å². The van der Waals surface area contributed by atoms with E-state index in [0.717, 1.165) is 13.3 Å². The second-order valence-electron chi connectivity index (χ2n) is 8.74. The fourth-order valence-corrected chi connectivity index (χ4v) is 3.29. The Balaban J connectivity index is 0. The molecule has 170 valence electrons. The molecule has 0 saturated heterocycles. The van der Waals surface area contributed by atoms with E-state index in [-0.39, 0.29) is 5.92 Å². The minimum atomic E-state index is -1.00. The minimum Gasteiger partial charge on any atom is -0.481 e. The van der Waals surface area contributed by atoms with Gasteiger partial charge in [-0.2, -0.15) is 0 Å². The molecule has 0 aromatic carbocycles. The van der Waals surface area contributed by atoms with Gasteiger partial charge in [-0.15, -0.1) is 0 Å². The molecule has 0 aromatic heterocycles. The van der Waals surface area contributed by atoms with Crippen LogP contribution < -0.4 is 5.73 Å². The first-order valence-corrected chi connectivity index (χ1v) is 11.9. The first kappa shape index (κ1) is 29.6. The summed E-state index contributed by atoms with van der Waals surface area (Å²) in [6, 6.07) is 0. The average Bonchev–Trinajstić information content (AvgIpc) is 2.60.